The van der Waals surface area contributed by atoms with Crippen molar-refractivity contribution in [1.82, 2.24) is 0 Å². The largest absolute Gasteiger partial charge is 0.0950 e. The van der Waals surface area contributed by atoms with E-state index in [2.05, 4.69) is 36.9 Å². The van der Waals surface area contributed by atoms with Crippen LogP contribution in [0.5, 0.6) is 0 Å². The number of hydrogen-bond donors (Lipinski definition) is 0. The highest BCUT2D eigenvalue weighted by molar-refractivity contribution is 7.70. The predicted molar refractivity (Wildman–Crippen MR) is 51.1 cm³/mol. The third kappa shape index (κ3) is 1.70. The van der Waals surface area contributed by atoms with E-state index >= 15 is 0 Å². The minimum atomic E-state index is 0.218. The molecule has 0 nitrogen and oxygen atoms in total. The van der Waals surface area contributed by atoms with Crippen LogP contribution in [-0.4, -0.2) is 6.16 Å². The van der Waals surface area contributed by atoms with Crippen molar-refractivity contribution in [2.75, 3.05) is 6.16 Å². The van der Waals surface area contributed by atoms with Crippen LogP contribution in [0.15, 0.2) is 42.2 Å². The van der Waals surface area contributed by atoms with Crippen LogP contribution >= 0.6 is 7.92 Å². The molecule has 1 heterocycles. The van der Waals surface area contributed by atoms with Crippen LogP contribution < -0.4 is 0 Å². The van der Waals surface area contributed by atoms with Gasteiger partial charge < -0.3 is 0 Å². The summed E-state index contributed by atoms with van der Waals surface area (Å²) < 4.78 is 0. The molecular formula is C10H11P. The fraction of sp³-hybridized carbons (Fsp3) is 0.200. The van der Waals surface area contributed by atoms with Gasteiger partial charge >= 0.3 is 0 Å². The normalized spacial score (nSPS) is 21.8. The average molecular weight is 162 g/mol. The van der Waals surface area contributed by atoms with E-state index in [-0.39, 0.29) is 7.92 Å². The lowest BCUT2D eigenvalue weighted by Crippen LogP contribution is -1.74. The first-order valence-corrected chi connectivity index (χ1v) is 5.54. The molecular weight excluding hydrogens is 151 g/mol. The fourth-order valence-electron chi connectivity index (χ4n) is 1.16. The van der Waals surface area contributed by atoms with Gasteiger partial charge in [0.2, 0.25) is 0 Å². The maximum absolute atomic E-state index is 3.97. The van der Waals surface area contributed by atoms with E-state index in [4.69, 9.17) is 0 Å². The molecule has 0 radical (unpaired) electrons. The van der Waals surface area contributed by atoms with Crippen molar-refractivity contribution in [2.24, 2.45) is 0 Å². The first-order valence-electron chi connectivity index (χ1n) is 3.83. The van der Waals surface area contributed by atoms with E-state index < -0.39 is 0 Å². The summed E-state index contributed by atoms with van der Waals surface area (Å²) in [6.45, 7) is 3.97. The molecule has 56 valence electrons. The molecule has 1 fully saturated rings. The zero-order valence-electron chi connectivity index (χ0n) is 6.46. The van der Waals surface area contributed by atoms with Crippen molar-refractivity contribution in [3.05, 3.63) is 47.8 Å². The highest BCUT2D eigenvalue weighted by Gasteiger charge is 2.26. The standard InChI is InChI=1S/C10H11P/c1-9-7-11(9)8-10-5-3-2-4-6-10/h2-6H,1,7-8H2. The van der Waals surface area contributed by atoms with E-state index in [0.717, 1.165) is 0 Å². The highest BCUT2D eigenvalue weighted by atomic mass is 31.1. The lowest BCUT2D eigenvalue weighted by atomic mass is 10.2. The second kappa shape index (κ2) is 2.79. The Morgan fingerprint density at radius 3 is 2.45 bits per heavy atom. The summed E-state index contributed by atoms with van der Waals surface area (Å²) in [6, 6.07) is 10.7. The quantitative estimate of drug-likeness (QED) is 0.586. The van der Waals surface area contributed by atoms with Crippen molar-refractivity contribution in [3.63, 3.8) is 0 Å². The van der Waals surface area contributed by atoms with Gasteiger partial charge in [-0.25, -0.2) is 0 Å². The number of hydrogen-bond acceptors (Lipinski definition) is 0. The van der Waals surface area contributed by atoms with Gasteiger partial charge in [0.25, 0.3) is 0 Å². The smallest absolute Gasteiger partial charge is 0.00330 e. The molecule has 1 aliphatic heterocycles. The SMILES string of the molecule is C=C1CP1Cc1ccccc1. The molecule has 1 saturated heterocycles. The molecule has 1 aliphatic rings. The first-order chi connectivity index (χ1) is 5.36. The number of rotatable bonds is 2. The van der Waals surface area contributed by atoms with Crippen molar-refractivity contribution < 1.29 is 0 Å². The third-order valence-corrected chi connectivity index (χ3v) is 4.11. The molecule has 2 rings (SSSR count). The molecule has 0 N–H and O–H groups in total. The van der Waals surface area contributed by atoms with E-state index in [0.29, 0.717) is 0 Å². The van der Waals surface area contributed by atoms with Gasteiger partial charge in [0.15, 0.2) is 0 Å². The summed E-state index contributed by atoms with van der Waals surface area (Å²) in [5.74, 6) is 0. The Hall–Kier alpha value is -0.610. The molecule has 0 bridgehead atoms. The topological polar surface area (TPSA) is 0 Å². The lowest BCUT2D eigenvalue weighted by molar-refractivity contribution is 1.41. The molecule has 1 unspecified atom stereocenters. The molecule has 1 aromatic rings. The van der Waals surface area contributed by atoms with E-state index in [1.165, 1.54) is 23.2 Å². The van der Waals surface area contributed by atoms with Crippen LogP contribution in [0.3, 0.4) is 0 Å². The van der Waals surface area contributed by atoms with Gasteiger partial charge in [-0.1, -0.05) is 44.8 Å². The number of benzene rings is 1. The monoisotopic (exact) mass is 162 g/mol. The maximum Gasteiger partial charge on any atom is -0.00330 e. The summed E-state index contributed by atoms with van der Waals surface area (Å²) in [6.07, 6.45) is 2.57. The Bertz CT molecular complexity index is 263. The van der Waals surface area contributed by atoms with E-state index in [1.807, 2.05) is 0 Å². The van der Waals surface area contributed by atoms with Crippen LogP contribution in [0.1, 0.15) is 5.56 Å². The molecule has 0 spiro atoms. The molecule has 11 heavy (non-hydrogen) atoms. The van der Waals surface area contributed by atoms with Gasteiger partial charge in [-0.15, -0.1) is 0 Å². The van der Waals surface area contributed by atoms with Crippen LogP contribution in [0.2, 0.25) is 0 Å². The summed E-state index contributed by atoms with van der Waals surface area (Å²) in [7, 11) is 0.218. The van der Waals surface area contributed by atoms with Gasteiger partial charge in [-0.2, -0.15) is 0 Å². The summed E-state index contributed by atoms with van der Waals surface area (Å²) in [5, 5.41) is 1.49. The zero-order valence-corrected chi connectivity index (χ0v) is 7.35. The molecule has 1 atom stereocenters. The molecule has 1 heteroatoms. The molecule has 1 aromatic carbocycles. The fourth-order valence-corrected chi connectivity index (χ4v) is 2.81. The predicted octanol–water partition coefficient (Wildman–Crippen LogP) is 3.20. The summed E-state index contributed by atoms with van der Waals surface area (Å²) in [4.78, 5) is 0. The van der Waals surface area contributed by atoms with Crippen molar-refractivity contribution >= 4 is 7.92 Å². The second-order valence-corrected chi connectivity index (χ2v) is 5.25. The van der Waals surface area contributed by atoms with Crippen LogP contribution in [0.25, 0.3) is 0 Å². The van der Waals surface area contributed by atoms with E-state index in [1.54, 1.807) is 0 Å². The third-order valence-electron chi connectivity index (χ3n) is 1.93. The zero-order chi connectivity index (χ0) is 7.68. The van der Waals surface area contributed by atoms with Gasteiger partial charge in [0.1, 0.15) is 0 Å². The Labute approximate surface area is 68.7 Å². The molecule has 0 amide bonds. The average Bonchev–Trinajstić information content (AvgIpc) is 2.69. The first kappa shape index (κ1) is 7.06. The maximum atomic E-state index is 3.97. The highest BCUT2D eigenvalue weighted by Crippen LogP contribution is 2.63. The van der Waals surface area contributed by atoms with Crippen LogP contribution in [0.4, 0.5) is 0 Å². The summed E-state index contributed by atoms with van der Waals surface area (Å²) in [5.41, 5.74) is 1.47. The number of allylic oxidation sites excluding steroid dienone is 1. The van der Waals surface area contributed by atoms with Crippen molar-refractivity contribution in [1.29, 1.82) is 0 Å². The minimum Gasteiger partial charge on any atom is -0.0950 e. The molecule has 0 saturated carbocycles. The minimum absolute atomic E-state index is 0.218. The Morgan fingerprint density at radius 1 is 1.27 bits per heavy atom. The summed E-state index contributed by atoms with van der Waals surface area (Å²) >= 11 is 0. The van der Waals surface area contributed by atoms with Gasteiger partial charge in [0, 0.05) is 0 Å². The van der Waals surface area contributed by atoms with Crippen LogP contribution in [-0.2, 0) is 6.16 Å². The Balaban J connectivity index is 2.02. The molecule has 0 aromatic heterocycles. The van der Waals surface area contributed by atoms with E-state index in [9.17, 15) is 0 Å². The van der Waals surface area contributed by atoms with Crippen LogP contribution in [0, 0.1) is 0 Å². The van der Waals surface area contributed by atoms with Gasteiger partial charge in [0.05, 0.1) is 0 Å². The van der Waals surface area contributed by atoms with Gasteiger partial charge in [-0.3, -0.25) is 0 Å². The molecule has 0 aliphatic carbocycles. The Morgan fingerprint density at radius 2 is 1.91 bits per heavy atom. The lowest BCUT2D eigenvalue weighted by Gasteiger charge is -1.95. The second-order valence-electron chi connectivity index (χ2n) is 2.91. The Kier molecular flexibility index (Phi) is 1.79. The van der Waals surface area contributed by atoms with Crippen molar-refractivity contribution in [3.8, 4) is 0 Å². The van der Waals surface area contributed by atoms with Gasteiger partial charge in [-0.05, 0) is 23.2 Å². The van der Waals surface area contributed by atoms with Crippen molar-refractivity contribution in [2.45, 2.75) is 6.16 Å².